The van der Waals surface area contributed by atoms with Gasteiger partial charge in [0, 0.05) is 112 Å². The van der Waals surface area contributed by atoms with Crippen LogP contribution in [0.5, 0.6) is 0 Å². The van der Waals surface area contributed by atoms with Gasteiger partial charge in [0.25, 0.3) is 23.6 Å². The molecule has 2 aliphatic carbocycles. The van der Waals surface area contributed by atoms with Crippen LogP contribution in [0.4, 0.5) is 17.1 Å². The minimum Gasteiger partial charge on any atom is -0.371 e. The molecular formula is C51H57N5O4. The number of nitrogens with zero attached hydrogens (tertiary/aromatic N) is 5. The van der Waals surface area contributed by atoms with Crippen molar-refractivity contribution in [1.29, 1.82) is 0 Å². The van der Waals surface area contributed by atoms with Gasteiger partial charge in [0.1, 0.15) is 0 Å². The van der Waals surface area contributed by atoms with Crippen molar-refractivity contribution < 1.29 is 19.2 Å². The van der Waals surface area contributed by atoms with Gasteiger partial charge in [-0.25, -0.2) is 0 Å². The van der Waals surface area contributed by atoms with Crippen molar-refractivity contribution >= 4 is 83.8 Å². The Hall–Kier alpha value is -4.92. The first-order valence-electron chi connectivity index (χ1n) is 23.8. The molecular weight excluding hydrogens is 747 g/mol. The highest BCUT2D eigenvalue weighted by Gasteiger charge is 2.44. The van der Waals surface area contributed by atoms with E-state index < -0.39 is 0 Å². The van der Waals surface area contributed by atoms with E-state index in [0.29, 0.717) is 22.3 Å². The van der Waals surface area contributed by atoms with E-state index in [-0.39, 0.29) is 35.7 Å². The third-order valence-corrected chi connectivity index (χ3v) is 15.9. The molecule has 9 nitrogen and oxygen atoms in total. The standard InChI is InChI=1S/C51H57N5O4/c57-48-34-21-20-33-43-38(52-22-10-3-11-23-52)28-36-42-37(51(60)56(50(36)59)32-18-8-2-9-19-32)30-40(54-26-14-5-15-27-54)46(47(42)43)45-39(53-24-12-4-13-25-53)29-35(41(34)44(33)45)49(58)55(48)31-16-6-1-7-17-31/h20-21,28-32H,1-19,22-27H2. The van der Waals surface area contributed by atoms with Gasteiger partial charge in [-0.05, 0) is 113 Å². The van der Waals surface area contributed by atoms with Crippen LogP contribution < -0.4 is 14.7 Å². The maximum atomic E-state index is 15.2. The number of amides is 4. The zero-order valence-corrected chi connectivity index (χ0v) is 35.1. The van der Waals surface area contributed by atoms with Crippen LogP contribution in [0.1, 0.15) is 163 Å². The number of piperidine rings is 3. The number of anilines is 3. The molecule has 9 heteroatoms. The number of fused-ring (bicyclic) bond motifs is 2. The van der Waals surface area contributed by atoms with E-state index in [1.807, 2.05) is 6.07 Å². The lowest BCUT2D eigenvalue weighted by Crippen LogP contribution is -2.48. The Balaban J connectivity index is 1.25. The highest BCUT2D eigenvalue weighted by Crippen LogP contribution is 2.55. The molecule has 5 aromatic rings. The molecule has 0 radical (unpaired) electrons. The number of carbonyl (C=O) groups is 4. The monoisotopic (exact) mass is 803 g/mol. The number of rotatable bonds is 5. The lowest BCUT2D eigenvalue weighted by atomic mass is 9.79. The Labute approximate surface area is 352 Å². The first-order valence-corrected chi connectivity index (χ1v) is 23.8. The lowest BCUT2D eigenvalue weighted by molar-refractivity contribution is 0.0487. The fraction of sp³-hybridized carbons (Fsp3) is 0.529. The summed E-state index contributed by atoms with van der Waals surface area (Å²) in [6, 6.07) is 10.5. The van der Waals surface area contributed by atoms with Gasteiger partial charge in [0.05, 0.1) is 16.7 Å². The SMILES string of the molecule is O=C1c2ccc3c4c(N5CCCCC5)cc5c6c(cc(N7CCCCC7)c(c7c(N8CCCCC8)cc(c2c37)C(=O)N1C1CCCCC1)c64)C(=O)N(C1CCCCC1)C5=O. The number of imide groups is 2. The number of hydrogen-bond acceptors (Lipinski definition) is 7. The van der Waals surface area contributed by atoms with Gasteiger partial charge in [0.15, 0.2) is 0 Å². The quantitative estimate of drug-likeness (QED) is 0.0994. The highest BCUT2D eigenvalue weighted by molar-refractivity contribution is 6.46. The van der Waals surface area contributed by atoms with E-state index in [4.69, 9.17) is 0 Å². The minimum atomic E-state index is -0.162. The average molecular weight is 804 g/mol. The van der Waals surface area contributed by atoms with Crippen molar-refractivity contribution in [1.82, 2.24) is 9.80 Å². The summed E-state index contributed by atoms with van der Waals surface area (Å²) >= 11 is 0. The molecule has 0 aromatic heterocycles. The molecule has 5 aliphatic heterocycles. The topological polar surface area (TPSA) is 84.5 Å². The molecule has 5 aromatic carbocycles. The molecule has 5 heterocycles. The number of hydrogen-bond donors (Lipinski definition) is 0. The summed E-state index contributed by atoms with van der Waals surface area (Å²) in [4.78, 5) is 71.1. The number of carbonyl (C=O) groups excluding carboxylic acids is 4. The van der Waals surface area contributed by atoms with Crippen molar-refractivity contribution in [2.24, 2.45) is 0 Å². The lowest BCUT2D eigenvalue weighted by Gasteiger charge is -2.40. The molecule has 7 aliphatic rings. The molecule has 5 fully saturated rings. The van der Waals surface area contributed by atoms with Crippen LogP contribution in [0.2, 0.25) is 0 Å². The second kappa shape index (κ2) is 14.3. The van der Waals surface area contributed by atoms with E-state index >= 15 is 14.4 Å². The summed E-state index contributed by atoms with van der Waals surface area (Å²) in [7, 11) is 0. The normalized spacial score (nSPS) is 22.5. The molecule has 310 valence electrons. The molecule has 0 N–H and O–H groups in total. The average Bonchev–Trinajstić information content (AvgIpc) is 3.30. The first kappa shape index (κ1) is 36.9. The zero-order valence-electron chi connectivity index (χ0n) is 35.1. The van der Waals surface area contributed by atoms with Crippen molar-refractivity contribution in [2.45, 2.75) is 134 Å². The summed E-state index contributed by atoms with van der Waals surface area (Å²) in [5, 5.41) is 7.85. The van der Waals surface area contributed by atoms with Crippen LogP contribution in [0.25, 0.3) is 43.1 Å². The molecule has 60 heavy (non-hydrogen) atoms. The number of benzene rings is 5. The van der Waals surface area contributed by atoms with Gasteiger partial charge in [-0.1, -0.05) is 44.6 Å². The van der Waals surface area contributed by atoms with Gasteiger partial charge in [-0.3, -0.25) is 29.0 Å². The maximum Gasteiger partial charge on any atom is 0.261 e. The van der Waals surface area contributed by atoms with Crippen molar-refractivity contribution in [2.75, 3.05) is 54.0 Å². The van der Waals surface area contributed by atoms with E-state index in [1.54, 1.807) is 9.80 Å². The summed E-state index contributed by atoms with van der Waals surface area (Å²) in [5.74, 6) is -0.603. The van der Waals surface area contributed by atoms with Crippen LogP contribution in [-0.4, -0.2) is 84.8 Å². The van der Waals surface area contributed by atoms with E-state index in [0.717, 1.165) is 202 Å². The third kappa shape index (κ3) is 5.35. The smallest absolute Gasteiger partial charge is 0.261 e. The summed E-state index contributed by atoms with van der Waals surface area (Å²) < 4.78 is 0. The largest absolute Gasteiger partial charge is 0.371 e. The fourth-order valence-electron chi connectivity index (χ4n) is 13.0. The predicted molar refractivity (Wildman–Crippen MR) is 241 cm³/mol. The maximum absolute atomic E-state index is 15.2. The van der Waals surface area contributed by atoms with Gasteiger partial charge < -0.3 is 14.7 Å². The summed E-state index contributed by atoms with van der Waals surface area (Å²) in [6.07, 6.45) is 19.9. The molecule has 2 saturated carbocycles. The van der Waals surface area contributed by atoms with E-state index in [9.17, 15) is 4.79 Å². The van der Waals surface area contributed by atoms with Gasteiger partial charge in [-0.2, -0.15) is 0 Å². The first-order chi connectivity index (χ1) is 29.5. The van der Waals surface area contributed by atoms with Crippen molar-refractivity contribution in [3.05, 3.63) is 52.6 Å². The molecule has 0 bridgehead atoms. The van der Waals surface area contributed by atoms with Crippen LogP contribution in [0.15, 0.2) is 30.3 Å². The second-order valence-corrected chi connectivity index (χ2v) is 19.3. The molecule has 0 atom stereocenters. The Morgan fingerprint density at radius 3 is 1.12 bits per heavy atom. The van der Waals surface area contributed by atoms with Crippen molar-refractivity contribution in [3.8, 4) is 0 Å². The molecule has 3 saturated heterocycles. The zero-order chi connectivity index (χ0) is 40.2. The molecule has 0 spiro atoms. The fourth-order valence-corrected chi connectivity index (χ4v) is 13.0. The predicted octanol–water partition coefficient (Wildman–Crippen LogP) is 10.6. The van der Waals surface area contributed by atoms with E-state index in [1.165, 1.54) is 19.3 Å². The van der Waals surface area contributed by atoms with Crippen LogP contribution in [0, 0.1) is 0 Å². The summed E-state index contributed by atoms with van der Waals surface area (Å²) in [6.45, 7) is 5.37. The van der Waals surface area contributed by atoms with Gasteiger partial charge in [-0.15, -0.1) is 0 Å². The molecule has 0 unspecified atom stereocenters. The van der Waals surface area contributed by atoms with Crippen LogP contribution >= 0.6 is 0 Å². The van der Waals surface area contributed by atoms with Gasteiger partial charge >= 0.3 is 0 Å². The van der Waals surface area contributed by atoms with Crippen molar-refractivity contribution in [3.63, 3.8) is 0 Å². The molecule has 4 amide bonds. The van der Waals surface area contributed by atoms with Gasteiger partial charge in [0.2, 0.25) is 0 Å². The summed E-state index contributed by atoms with van der Waals surface area (Å²) in [5.41, 5.74) is 5.76. The second-order valence-electron chi connectivity index (χ2n) is 19.3. The Bertz CT molecular complexity index is 2600. The van der Waals surface area contributed by atoms with Crippen LogP contribution in [0.3, 0.4) is 0 Å². The Kier molecular flexibility index (Phi) is 8.82. The Morgan fingerprint density at radius 1 is 0.333 bits per heavy atom. The van der Waals surface area contributed by atoms with Crippen LogP contribution in [-0.2, 0) is 0 Å². The molecule has 12 rings (SSSR count). The minimum absolute atomic E-state index is 0.0795. The Morgan fingerprint density at radius 2 is 0.683 bits per heavy atom. The highest BCUT2D eigenvalue weighted by atomic mass is 16.2. The van der Waals surface area contributed by atoms with E-state index in [2.05, 4.69) is 39.0 Å². The third-order valence-electron chi connectivity index (χ3n) is 15.9.